The topological polar surface area (TPSA) is 89.9 Å². The van der Waals surface area contributed by atoms with Gasteiger partial charge in [-0.25, -0.2) is 9.18 Å². The molecule has 170 valence electrons. The molecule has 8 heteroatoms. The van der Waals surface area contributed by atoms with Gasteiger partial charge in [-0.1, -0.05) is 26.2 Å². The zero-order valence-electron chi connectivity index (χ0n) is 17.8. The Kier molecular flexibility index (Phi) is 6.77. The summed E-state index contributed by atoms with van der Waals surface area (Å²) < 4.78 is 32.9. The van der Waals surface area contributed by atoms with Crippen LogP contribution in [0.15, 0.2) is 12.1 Å². The molecule has 31 heavy (non-hydrogen) atoms. The Labute approximate surface area is 185 Å². The minimum absolute atomic E-state index is 0.125. The number of carboxylic acid groups (broad SMARTS) is 1. The zero-order chi connectivity index (χ0) is 22.1. The van der Waals surface area contributed by atoms with Crippen LogP contribution in [0.3, 0.4) is 0 Å². The number of carboxylic acids is 1. The molecule has 1 heterocycles. The molecule has 4 rings (SSSR count). The molecule has 1 saturated heterocycles. The molecule has 3 aliphatic rings. The van der Waals surface area contributed by atoms with Gasteiger partial charge in [-0.3, -0.25) is 9.69 Å². The van der Waals surface area contributed by atoms with Crippen LogP contribution in [0.1, 0.15) is 73.7 Å². The Bertz CT molecular complexity index is 846. The number of halogens is 1. The fourth-order valence-electron chi connectivity index (χ4n) is 4.91. The van der Waals surface area contributed by atoms with Crippen LogP contribution in [0.25, 0.3) is 0 Å². The highest BCUT2D eigenvalue weighted by atomic mass is 32.2. The second-order valence-electron chi connectivity index (χ2n) is 9.15. The SMILES string of the molecule is CCCC1CCC(COc2cc(F)c(C(=O)N3C[S+]([O-])CC3C(=O)O)cc2C2CC2)C1. The van der Waals surface area contributed by atoms with Crippen molar-refractivity contribution < 1.29 is 28.4 Å². The molecule has 2 aliphatic carbocycles. The largest absolute Gasteiger partial charge is 0.615 e. The fraction of sp³-hybridized carbons (Fsp3) is 0.652. The Hall–Kier alpha value is -1.80. The number of benzene rings is 1. The van der Waals surface area contributed by atoms with E-state index >= 15 is 0 Å². The average Bonchev–Trinajstić information content (AvgIpc) is 3.34. The first kappa shape index (κ1) is 22.4. The van der Waals surface area contributed by atoms with Gasteiger partial charge in [-0.05, 0) is 66.2 Å². The fourth-order valence-corrected chi connectivity index (χ4v) is 6.29. The van der Waals surface area contributed by atoms with Crippen molar-refractivity contribution in [2.75, 3.05) is 18.2 Å². The summed E-state index contributed by atoms with van der Waals surface area (Å²) in [4.78, 5) is 25.4. The third-order valence-corrected chi connectivity index (χ3v) is 7.97. The summed E-state index contributed by atoms with van der Waals surface area (Å²) in [7, 11) is 0. The van der Waals surface area contributed by atoms with Gasteiger partial charge in [0.2, 0.25) is 0 Å². The first-order valence-corrected chi connectivity index (χ1v) is 12.7. The van der Waals surface area contributed by atoms with E-state index in [4.69, 9.17) is 4.74 Å². The Balaban J connectivity index is 1.50. The van der Waals surface area contributed by atoms with Crippen LogP contribution < -0.4 is 4.74 Å². The molecule has 2 saturated carbocycles. The van der Waals surface area contributed by atoms with E-state index in [0.717, 1.165) is 42.1 Å². The minimum atomic E-state index is -1.44. The zero-order valence-corrected chi connectivity index (χ0v) is 18.7. The van der Waals surface area contributed by atoms with E-state index in [1.807, 2.05) is 0 Å². The molecule has 4 unspecified atom stereocenters. The van der Waals surface area contributed by atoms with Crippen molar-refractivity contribution in [2.24, 2.45) is 11.8 Å². The van der Waals surface area contributed by atoms with Crippen molar-refractivity contribution in [2.45, 2.75) is 63.8 Å². The van der Waals surface area contributed by atoms with Crippen LogP contribution in [0, 0.1) is 17.7 Å². The van der Waals surface area contributed by atoms with Crippen LogP contribution >= 0.6 is 0 Å². The van der Waals surface area contributed by atoms with Crippen LogP contribution in [0.2, 0.25) is 0 Å². The van der Waals surface area contributed by atoms with E-state index in [0.29, 0.717) is 18.3 Å². The van der Waals surface area contributed by atoms with E-state index in [-0.39, 0.29) is 23.1 Å². The van der Waals surface area contributed by atoms with Crippen molar-refractivity contribution in [3.8, 4) is 5.75 Å². The van der Waals surface area contributed by atoms with Gasteiger partial charge in [0.25, 0.3) is 5.91 Å². The van der Waals surface area contributed by atoms with E-state index in [1.54, 1.807) is 0 Å². The second kappa shape index (κ2) is 9.36. The van der Waals surface area contributed by atoms with Crippen LogP contribution in [0.5, 0.6) is 5.75 Å². The molecule has 0 bridgehead atoms. The maximum Gasteiger partial charge on any atom is 0.331 e. The monoisotopic (exact) mass is 451 g/mol. The quantitative estimate of drug-likeness (QED) is 0.605. The highest BCUT2D eigenvalue weighted by Crippen LogP contribution is 2.46. The van der Waals surface area contributed by atoms with Gasteiger partial charge in [0, 0.05) is 6.07 Å². The molecule has 6 nitrogen and oxygen atoms in total. The number of hydrogen-bond acceptors (Lipinski definition) is 4. The maximum absolute atomic E-state index is 15.0. The van der Waals surface area contributed by atoms with Gasteiger partial charge in [-0.2, -0.15) is 0 Å². The van der Waals surface area contributed by atoms with Gasteiger partial charge in [0.1, 0.15) is 17.3 Å². The molecule has 0 radical (unpaired) electrons. The summed E-state index contributed by atoms with van der Waals surface area (Å²) in [6.07, 6.45) is 7.86. The molecular formula is C23H30FNO5S. The summed E-state index contributed by atoms with van der Waals surface area (Å²) >= 11 is -1.44. The van der Waals surface area contributed by atoms with E-state index in [1.165, 1.54) is 31.4 Å². The highest BCUT2D eigenvalue weighted by molar-refractivity contribution is 7.91. The first-order chi connectivity index (χ1) is 14.9. The summed E-state index contributed by atoms with van der Waals surface area (Å²) in [5.41, 5.74) is 0.656. The van der Waals surface area contributed by atoms with Gasteiger partial charge in [-0.15, -0.1) is 0 Å². The molecule has 4 atom stereocenters. The van der Waals surface area contributed by atoms with E-state index in [9.17, 15) is 23.6 Å². The van der Waals surface area contributed by atoms with Gasteiger partial charge in [0.05, 0.1) is 12.2 Å². The lowest BCUT2D eigenvalue weighted by atomic mass is 10.0. The molecule has 0 spiro atoms. The number of nitrogens with zero attached hydrogens (tertiary/aromatic N) is 1. The number of hydrogen-bond donors (Lipinski definition) is 1. The highest BCUT2D eigenvalue weighted by Gasteiger charge is 2.43. The lowest BCUT2D eigenvalue weighted by molar-refractivity contribution is -0.140. The van der Waals surface area contributed by atoms with Gasteiger partial charge < -0.3 is 14.4 Å². The number of amides is 1. The van der Waals surface area contributed by atoms with Crippen molar-refractivity contribution >= 4 is 23.1 Å². The number of carbonyl (C=O) groups is 2. The predicted molar refractivity (Wildman–Crippen MR) is 115 cm³/mol. The van der Waals surface area contributed by atoms with Crippen molar-refractivity contribution in [1.82, 2.24) is 4.90 Å². The van der Waals surface area contributed by atoms with Crippen molar-refractivity contribution in [3.05, 3.63) is 29.1 Å². The third kappa shape index (κ3) is 5.00. The Morgan fingerprint density at radius 2 is 2.00 bits per heavy atom. The maximum atomic E-state index is 15.0. The lowest BCUT2D eigenvalue weighted by Gasteiger charge is -2.20. The molecule has 1 aromatic carbocycles. The summed E-state index contributed by atoms with van der Waals surface area (Å²) in [6, 6.07) is 1.62. The Morgan fingerprint density at radius 1 is 1.26 bits per heavy atom. The molecule has 1 amide bonds. The van der Waals surface area contributed by atoms with E-state index < -0.39 is 34.9 Å². The molecule has 1 N–H and O–H groups in total. The average molecular weight is 452 g/mol. The molecule has 1 aromatic rings. The lowest BCUT2D eigenvalue weighted by Crippen LogP contribution is -2.42. The second-order valence-corrected chi connectivity index (χ2v) is 10.6. The predicted octanol–water partition coefficient (Wildman–Crippen LogP) is 3.91. The van der Waals surface area contributed by atoms with Crippen LogP contribution in [0.4, 0.5) is 4.39 Å². The number of ether oxygens (including phenoxy) is 1. The molecule has 3 fully saturated rings. The van der Waals surface area contributed by atoms with Gasteiger partial charge >= 0.3 is 5.97 Å². The summed E-state index contributed by atoms with van der Waals surface area (Å²) in [6.45, 7) is 2.76. The van der Waals surface area contributed by atoms with Gasteiger partial charge in [0.15, 0.2) is 11.9 Å². The number of carbonyl (C=O) groups excluding carboxylic acids is 1. The minimum Gasteiger partial charge on any atom is -0.615 e. The first-order valence-electron chi connectivity index (χ1n) is 11.2. The van der Waals surface area contributed by atoms with Crippen molar-refractivity contribution in [1.29, 1.82) is 0 Å². The van der Waals surface area contributed by atoms with Crippen LogP contribution in [-0.2, 0) is 16.0 Å². The smallest absolute Gasteiger partial charge is 0.331 e. The summed E-state index contributed by atoms with van der Waals surface area (Å²) in [5.74, 6) is -1.01. The Morgan fingerprint density at radius 3 is 2.68 bits per heavy atom. The normalized spacial score (nSPS) is 28.2. The van der Waals surface area contributed by atoms with Crippen molar-refractivity contribution in [3.63, 3.8) is 0 Å². The van der Waals surface area contributed by atoms with Crippen LogP contribution in [-0.4, -0.2) is 50.7 Å². The molecule has 1 aliphatic heterocycles. The molecule has 0 aromatic heterocycles. The summed E-state index contributed by atoms with van der Waals surface area (Å²) in [5, 5.41) is 9.35. The van der Waals surface area contributed by atoms with E-state index in [2.05, 4.69) is 6.92 Å². The number of rotatable bonds is 8. The number of aliphatic carboxylic acids is 1. The third-order valence-electron chi connectivity index (χ3n) is 6.72. The molecular weight excluding hydrogens is 421 g/mol. The standard InChI is InChI=1S/C23H30FNO5S/c1-2-3-14-4-5-15(8-14)11-30-21-10-19(24)18(9-17(21)16-6-7-16)22(26)25-13-31(29)12-20(25)23(27)28/h9-10,14-16,20H,2-8,11-13H2,1H3,(H,27,28).